The number of nitrogens with one attached hydrogen (secondary N) is 1. The number of rotatable bonds is 0. The molecule has 134 valence electrons. The molecule has 4 rings (SSSR count). The van der Waals surface area contributed by atoms with E-state index in [4.69, 9.17) is 0 Å². The Morgan fingerprint density at radius 1 is 0.733 bits per heavy atom. The van der Waals surface area contributed by atoms with Gasteiger partial charge in [-0.25, -0.2) is 9.97 Å². The number of nitriles is 6. The number of hydrogen-bond donors (Lipinski definition) is 1. The average molecular weight is 383 g/mol. The summed E-state index contributed by atoms with van der Waals surface area (Å²) in [6.07, 6.45) is 1.48. The molecule has 0 radical (unpaired) electrons. The lowest BCUT2D eigenvalue weighted by atomic mass is 9.80. The molecule has 30 heavy (non-hydrogen) atoms. The lowest BCUT2D eigenvalue weighted by Crippen LogP contribution is -2.30. The monoisotopic (exact) mass is 383 g/mol. The molecule has 0 bridgehead atoms. The molecule has 9 heteroatoms. The van der Waals surface area contributed by atoms with Crippen molar-refractivity contribution in [1.29, 1.82) is 31.6 Å². The highest BCUT2D eigenvalue weighted by Crippen LogP contribution is 2.47. The van der Waals surface area contributed by atoms with Gasteiger partial charge in [0.05, 0.1) is 34.1 Å². The summed E-state index contributed by atoms with van der Waals surface area (Å²) in [5, 5.41) is 59.3. The molecule has 3 heterocycles. The Morgan fingerprint density at radius 3 is 1.93 bits per heavy atom. The predicted octanol–water partition coefficient (Wildman–Crippen LogP) is 1.97. The van der Waals surface area contributed by atoms with Gasteiger partial charge in [0.15, 0.2) is 11.4 Å². The van der Waals surface area contributed by atoms with Crippen LogP contribution in [0.15, 0.2) is 29.5 Å². The molecule has 2 aromatic heterocycles. The van der Waals surface area contributed by atoms with Crippen LogP contribution in [0.1, 0.15) is 39.9 Å². The van der Waals surface area contributed by atoms with E-state index < -0.39 is 6.04 Å². The van der Waals surface area contributed by atoms with Crippen molar-refractivity contribution in [2.45, 2.75) is 6.04 Å². The molecule has 0 saturated carbocycles. The Kier molecular flexibility index (Phi) is 3.94. The lowest BCUT2D eigenvalue weighted by molar-refractivity contribution is 0.704. The maximum atomic E-state index is 9.41. The second-order valence-corrected chi connectivity index (χ2v) is 6.23. The summed E-state index contributed by atoms with van der Waals surface area (Å²) >= 11 is 0. The van der Waals surface area contributed by atoms with Gasteiger partial charge in [0.1, 0.15) is 42.1 Å². The highest BCUT2D eigenvalue weighted by atomic mass is 15.0. The third kappa shape index (κ3) is 2.36. The second kappa shape index (κ2) is 6.60. The SMILES string of the molecule is N#CC1=C(C#N)NC2C(=C1)c1nc(C#N)c(C#N)cc1-c1cc(C#N)c(C#N)nc12. The minimum absolute atomic E-state index is 0.0273. The third-order valence-electron chi connectivity index (χ3n) is 4.77. The molecule has 2 aliphatic rings. The molecule has 1 unspecified atom stereocenters. The van der Waals surface area contributed by atoms with Gasteiger partial charge in [0.25, 0.3) is 0 Å². The minimum atomic E-state index is -0.730. The lowest BCUT2D eigenvalue weighted by Gasteiger charge is -2.32. The molecule has 1 aliphatic carbocycles. The standard InChI is InChI=1S/C21H5N9/c22-4-10-1-13-14-2-11(5-23)17(8-26)29-20(14)21-15(19(13)28-16(10)7-25)3-12(6-24)18(9-27)30-21/h1-3,21,30H. The zero-order valence-corrected chi connectivity index (χ0v) is 14.9. The van der Waals surface area contributed by atoms with Crippen LogP contribution in [0.3, 0.4) is 0 Å². The zero-order valence-electron chi connectivity index (χ0n) is 14.9. The van der Waals surface area contributed by atoms with Crippen LogP contribution < -0.4 is 5.32 Å². The fraction of sp³-hybridized carbons (Fsp3) is 0.0476. The Morgan fingerprint density at radius 2 is 1.37 bits per heavy atom. The van der Waals surface area contributed by atoms with Crippen molar-refractivity contribution in [2.75, 3.05) is 0 Å². The normalized spacial score (nSPS) is 15.1. The van der Waals surface area contributed by atoms with Crippen molar-refractivity contribution < 1.29 is 0 Å². The summed E-state index contributed by atoms with van der Waals surface area (Å²) in [6, 6.07) is 13.7. The van der Waals surface area contributed by atoms with E-state index in [2.05, 4.69) is 15.3 Å². The van der Waals surface area contributed by atoms with Gasteiger partial charge in [-0.1, -0.05) is 0 Å². The van der Waals surface area contributed by atoms with Crippen LogP contribution in [0, 0.1) is 68.0 Å². The molecule has 0 spiro atoms. The minimum Gasteiger partial charge on any atom is -0.363 e. The first-order valence-corrected chi connectivity index (χ1v) is 8.33. The molecule has 2 aromatic rings. The van der Waals surface area contributed by atoms with Gasteiger partial charge in [-0.05, 0) is 18.2 Å². The Hall–Kier alpha value is -5.48. The van der Waals surface area contributed by atoms with Crippen LogP contribution in [-0.2, 0) is 0 Å². The first kappa shape index (κ1) is 17.9. The van der Waals surface area contributed by atoms with Crippen LogP contribution in [0.5, 0.6) is 0 Å². The maximum Gasteiger partial charge on any atom is 0.158 e. The van der Waals surface area contributed by atoms with E-state index in [0.29, 0.717) is 28.1 Å². The van der Waals surface area contributed by atoms with Crippen molar-refractivity contribution in [2.24, 2.45) is 0 Å². The molecule has 0 fully saturated rings. The van der Waals surface area contributed by atoms with E-state index in [-0.39, 0.29) is 33.8 Å². The maximum absolute atomic E-state index is 9.41. The topological polar surface area (TPSA) is 181 Å². The Bertz CT molecular complexity index is 1480. The highest BCUT2D eigenvalue weighted by Gasteiger charge is 2.36. The molecule has 9 nitrogen and oxygen atoms in total. The Balaban J connectivity index is 2.15. The summed E-state index contributed by atoms with van der Waals surface area (Å²) in [6.45, 7) is 0. The molecule has 1 aliphatic heterocycles. The van der Waals surface area contributed by atoms with Crippen molar-refractivity contribution in [3.63, 3.8) is 0 Å². The van der Waals surface area contributed by atoms with Crippen LogP contribution in [0.4, 0.5) is 0 Å². The number of pyridine rings is 2. The van der Waals surface area contributed by atoms with Gasteiger partial charge in [-0.3, -0.25) is 0 Å². The zero-order chi connectivity index (χ0) is 21.4. The van der Waals surface area contributed by atoms with Crippen LogP contribution in [0.2, 0.25) is 0 Å². The van der Waals surface area contributed by atoms with E-state index in [0.717, 1.165) is 0 Å². The van der Waals surface area contributed by atoms with Crippen LogP contribution >= 0.6 is 0 Å². The fourth-order valence-electron chi connectivity index (χ4n) is 3.46. The van der Waals surface area contributed by atoms with E-state index >= 15 is 0 Å². The number of allylic oxidation sites excluding steroid dienone is 3. The molecule has 1 N–H and O–H groups in total. The van der Waals surface area contributed by atoms with Gasteiger partial charge >= 0.3 is 0 Å². The second-order valence-electron chi connectivity index (χ2n) is 6.23. The highest BCUT2D eigenvalue weighted by molar-refractivity contribution is 5.92. The van der Waals surface area contributed by atoms with Gasteiger partial charge in [0.2, 0.25) is 0 Å². The van der Waals surface area contributed by atoms with E-state index in [1.807, 2.05) is 36.4 Å². The molecule has 0 aromatic carbocycles. The van der Waals surface area contributed by atoms with Gasteiger partial charge in [0, 0.05) is 16.7 Å². The Labute approximate surface area is 169 Å². The smallest absolute Gasteiger partial charge is 0.158 e. The molecular formula is C21H5N9. The third-order valence-corrected chi connectivity index (χ3v) is 4.77. The van der Waals surface area contributed by atoms with Crippen molar-refractivity contribution in [3.8, 4) is 47.5 Å². The van der Waals surface area contributed by atoms with E-state index in [9.17, 15) is 31.6 Å². The van der Waals surface area contributed by atoms with Crippen LogP contribution in [-0.4, -0.2) is 9.97 Å². The van der Waals surface area contributed by atoms with Gasteiger partial charge < -0.3 is 5.32 Å². The van der Waals surface area contributed by atoms with Gasteiger partial charge in [-0.2, -0.15) is 31.6 Å². The first-order chi connectivity index (χ1) is 14.6. The summed E-state index contributed by atoms with van der Waals surface area (Å²) in [5.41, 5.74) is 2.05. The van der Waals surface area contributed by atoms with Crippen LogP contribution in [0.25, 0.3) is 16.7 Å². The van der Waals surface area contributed by atoms with Crippen molar-refractivity contribution in [1.82, 2.24) is 15.3 Å². The largest absolute Gasteiger partial charge is 0.363 e. The molecular weight excluding hydrogens is 378 g/mol. The van der Waals surface area contributed by atoms with Crippen molar-refractivity contribution >= 4 is 5.57 Å². The average Bonchev–Trinajstić information content (AvgIpc) is 2.81. The number of fused-ring (bicyclic) bond motifs is 6. The predicted molar refractivity (Wildman–Crippen MR) is 98.4 cm³/mol. The van der Waals surface area contributed by atoms with E-state index in [1.54, 1.807) is 0 Å². The summed E-state index contributed by atoms with van der Waals surface area (Å²) in [4.78, 5) is 8.65. The molecule has 0 saturated heterocycles. The first-order valence-electron chi connectivity index (χ1n) is 8.33. The number of aromatic nitrogens is 2. The number of dihydropyridines is 1. The van der Waals surface area contributed by atoms with Crippen molar-refractivity contribution in [3.05, 3.63) is 63.4 Å². The summed E-state index contributed by atoms with van der Waals surface area (Å²) < 4.78 is 0. The molecule has 1 atom stereocenters. The van der Waals surface area contributed by atoms with E-state index in [1.165, 1.54) is 18.2 Å². The molecule has 0 amide bonds. The quantitative estimate of drug-likeness (QED) is 0.711. The van der Waals surface area contributed by atoms with Gasteiger partial charge in [-0.15, -0.1) is 0 Å². The number of hydrogen-bond acceptors (Lipinski definition) is 9. The summed E-state index contributed by atoms with van der Waals surface area (Å²) in [7, 11) is 0. The number of nitrogens with zero attached hydrogens (tertiary/aromatic N) is 8. The fourth-order valence-corrected chi connectivity index (χ4v) is 3.46. The summed E-state index contributed by atoms with van der Waals surface area (Å²) in [5.74, 6) is 0.